The first-order valence-electron chi connectivity index (χ1n) is 9.74. The maximum absolute atomic E-state index is 12.2. The number of hydrogen-bond acceptors (Lipinski definition) is 6. The summed E-state index contributed by atoms with van der Waals surface area (Å²) in [5.74, 6) is 0.231. The molecule has 0 bridgehead atoms. The fourth-order valence-corrected chi connectivity index (χ4v) is 3.62. The summed E-state index contributed by atoms with van der Waals surface area (Å²) < 4.78 is 5.37. The van der Waals surface area contributed by atoms with E-state index in [0.717, 1.165) is 31.6 Å². The molecular formula is C19H28N4O4. The van der Waals surface area contributed by atoms with Crippen LogP contribution in [0.25, 0.3) is 0 Å². The monoisotopic (exact) mass is 376 g/mol. The molecule has 148 valence electrons. The number of morpholine rings is 1. The number of carbonyl (C=O) groups excluding carboxylic acids is 1. The van der Waals surface area contributed by atoms with Gasteiger partial charge in [0, 0.05) is 57.4 Å². The number of unbranched alkanes of at least 4 members (excludes halogenated alkanes) is 1. The normalized spacial score (nSPS) is 17.9. The Morgan fingerprint density at radius 2 is 1.81 bits per heavy atom. The van der Waals surface area contributed by atoms with E-state index in [2.05, 4.69) is 11.8 Å². The van der Waals surface area contributed by atoms with Crippen molar-refractivity contribution >= 4 is 23.0 Å². The van der Waals surface area contributed by atoms with Gasteiger partial charge >= 0.3 is 0 Å². The third kappa shape index (κ3) is 4.68. The molecule has 3 rings (SSSR count). The van der Waals surface area contributed by atoms with Crippen LogP contribution in [0.5, 0.6) is 0 Å². The average molecular weight is 376 g/mol. The number of carbonyl (C=O) groups is 1. The van der Waals surface area contributed by atoms with Crippen LogP contribution in [0.3, 0.4) is 0 Å². The number of nitro benzene ring substituents is 1. The Labute approximate surface area is 159 Å². The van der Waals surface area contributed by atoms with E-state index in [1.54, 1.807) is 6.07 Å². The second-order valence-corrected chi connectivity index (χ2v) is 7.00. The molecule has 0 unspecified atom stereocenters. The lowest BCUT2D eigenvalue weighted by Gasteiger charge is -2.37. The van der Waals surface area contributed by atoms with Crippen LogP contribution in [0.15, 0.2) is 18.2 Å². The number of ether oxygens (including phenoxy) is 1. The van der Waals surface area contributed by atoms with Crippen molar-refractivity contribution in [2.75, 3.05) is 62.3 Å². The van der Waals surface area contributed by atoms with Crippen LogP contribution < -0.4 is 9.80 Å². The van der Waals surface area contributed by atoms with E-state index in [9.17, 15) is 14.9 Å². The lowest BCUT2D eigenvalue weighted by molar-refractivity contribution is -0.384. The van der Waals surface area contributed by atoms with Crippen LogP contribution in [0.2, 0.25) is 0 Å². The maximum atomic E-state index is 12.2. The Morgan fingerprint density at radius 1 is 1.11 bits per heavy atom. The number of nitrogens with zero attached hydrogens (tertiary/aromatic N) is 4. The largest absolute Gasteiger partial charge is 0.378 e. The molecule has 0 saturated carbocycles. The predicted octanol–water partition coefficient (Wildman–Crippen LogP) is 2.27. The molecule has 2 fully saturated rings. The molecule has 0 atom stereocenters. The average Bonchev–Trinajstić information content (AvgIpc) is 2.72. The zero-order valence-corrected chi connectivity index (χ0v) is 15.9. The highest BCUT2D eigenvalue weighted by Gasteiger charge is 2.25. The van der Waals surface area contributed by atoms with Gasteiger partial charge in [-0.3, -0.25) is 14.9 Å². The molecule has 0 N–H and O–H groups in total. The number of amides is 1. The number of piperazine rings is 1. The van der Waals surface area contributed by atoms with E-state index in [4.69, 9.17) is 4.74 Å². The van der Waals surface area contributed by atoms with Crippen molar-refractivity contribution in [3.05, 3.63) is 28.3 Å². The highest BCUT2D eigenvalue weighted by molar-refractivity contribution is 5.76. The van der Waals surface area contributed by atoms with Gasteiger partial charge in [-0.25, -0.2) is 0 Å². The number of hydrogen-bond donors (Lipinski definition) is 0. The summed E-state index contributed by atoms with van der Waals surface area (Å²) in [6, 6.07) is 5.33. The van der Waals surface area contributed by atoms with Gasteiger partial charge in [0.2, 0.25) is 5.91 Å². The molecule has 0 aliphatic carbocycles. The second kappa shape index (κ2) is 9.03. The number of nitro groups is 1. The number of benzene rings is 1. The van der Waals surface area contributed by atoms with Crippen molar-refractivity contribution in [1.29, 1.82) is 0 Å². The lowest BCUT2D eigenvalue weighted by atomic mass is 10.1. The standard InChI is InChI=1S/C19H28N4O4/c1-2-3-4-19(24)22-9-7-20(8-10-22)16-5-6-17(23(25)26)18(15-16)21-11-13-27-14-12-21/h5-6,15H,2-4,7-14H2,1H3. The summed E-state index contributed by atoms with van der Waals surface area (Å²) in [5, 5.41) is 11.4. The zero-order valence-electron chi connectivity index (χ0n) is 15.9. The minimum absolute atomic E-state index is 0.133. The van der Waals surface area contributed by atoms with Crippen LogP contribution in [-0.2, 0) is 9.53 Å². The van der Waals surface area contributed by atoms with Crippen LogP contribution >= 0.6 is 0 Å². The van der Waals surface area contributed by atoms with Crippen molar-refractivity contribution < 1.29 is 14.5 Å². The van der Waals surface area contributed by atoms with Crippen LogP contribution in [0.1, 0.15) is 26.2 Å². The molecule has 1 amide bonds. The Kier molecular flexibility index (Phi) is 6.49. The van der Waals surface area contributed by atoms with Crippen molar-refractivity contribution in [3.8, 4) is 0 Å². The third-order valence-corrected chi connectivity index (χ3v) is 5.25. The molecular weight excluding hydrogens is 348 g/mol. The number of rotatable bonds is 6. The highest BCUT2D eigenvalue weighted by Crippen LogP contribution is 2.33. The Balaban J connectivity index is 1.70. The minimum atomic E-state index is -0.321. The summed E-state index contributed by atoms with van der Waals surface area (Å²) >= 11 is 0. The van der Waals surface area contributed by atoms with Crippen molar-refractivity contribution in [2.24, 2.45) is 0 Å². The van der Waals surface area contributed by atoms with E-state index < -0.39 is 0 Å². The third-order valence-electron chi connectivity index (χ3n) is 5.25. The Morgan fingerprint density at radius 3 is 2.44 bits per heavy atom. The molecule has 2 heterocycles. The van der Waals surface area contributed by atoms with Gasteiger partial charge in [0.1, 0.15) is 5.69 Å². The summed E-state index contributed by atoms with van der Waals surface area (Å²) in [6.45, 7) is 7.47. The molecule has 8 nitrogen and oxygen atoms in total. The predicted molar refractivity (Wildman–Crippen MR) is 104 cm³/mol. The van der Waals surface area contributed by atoms with Crippen molar-refractivity contribution in [1.82, 2.24) is 4.90 Å². The molecule has 0 aromatic heterocycles. The molecule has 1 aromatic carbocycles. The van der Waals surface area contributed by atoms with Gasteiger partial charge in [0.25, 0.3) is 5.69 Å². The topological polar surface area (TPSA) is 79.2 Å². The van der Waals surface area contributed by atoms with Crippen LogP contribution in [0.4, 0.5) is 17.1 Å². The van der Waals surface area contributed by atoms with Crippen molar-refractivity contribution in [3.63, 3.8) is 0 Å². The molecule has 1 aromatic rings. The first-order valence-corrected chi connectivity index (χ1v) is 9.74. The van der Waals surface area contributed by atoms with E-state index in [0.29, 0.717) is 51.5 Å². The van der Waals surface area contributed by atoms with E-state index in [1.807, 2.05) is 21.9 Å². The van der Waals surface area contributed by atoms with E-state index >= 15 is 0 Å². The SMILES string of the molecule is CCCCC(=O)N1CCN(c2ccc([N+](=O)[O-])c(N3CCOCC3)c2)CC1. The molecule has 8 heteroatoms. The van der Waals surface area contributed by atoms with Crippen LogP contribution in [0, 0.1) is 10.1 Å². The highest BCUT2D eigenvalue weighted by atomic mass is 16.6. The molecule has 27 heavy (non-hydrogen) atoms. The first-order chi connectivity index (χ1) is 13.1. The van der Waals surface area contributed by atoms with E-state index in [-0.39, 0.29) is 16.5 Å². The van der Waals surface area contributed by atoms with Gasteiger partial charge in [-0.15, -0.1) is 0 Å². The summed E-state index contributed by atoms with van der Waals surface area (Å²) in [7, 11) is 0. The van der Waals surface area contributed by atoms with E-state index in [1.165, 1.54) is 0 Å². The van der Waals surface area contributed by atoms with Gasteiger partial charge < -0.3 is 19.4 Å². The summed E-state index contributed by atoms with van der Waals surface area (Å²) in [6.07, 6.45) is 2.58. The van der Waals surface area contributed by atoms with Crippen molar-refractivity contribution in [2.45, 2.75) is 26.2 Å². The van der Waals surface area contributed by atoms with Crippen LogP contribution in [-0.4, -0.2) is 68.2 Å². The Hall–Kier alpha value is -2.35. The lowest BCUT2D eigenvalue weighted by Crippen LogP contribution is -2.48. The van der Waals surface area contributed by atoms with Gasteiger partial charge in [-0.2, -0.15) is 0 Å². The fraction of sp³-hybridized carbons (Fsp3) is 0.632. The molecule has 0 radical (unpaired) electrons. The second-order valence-electron chi connectivity index (χ2n) is 7.00. The molecule has 2 saturated heterocycles. The summed E-state index contributed by atoms with van der Waals surface area (Å²) in [5.41, 5.74) is 1.76. The zero-order chi connectivity index (χ0) is 19.2. The minimum Gasteiger partial charge on any atom is -0.378 e. The molecule has 2 aliphatic heterocycles. The molecule has 0 spiro atoms. The van der Waals surface area contributed by atoms with Gasteiger partial charge in [-0.05, 0) is 18.6 Å². The maximum Gasteiger partial charge on any atom is 0.292 e. The summed E-state index contributed by atoms with van der Waals surface area (Å²) in [4.78, 5) is 29.5. The number of anilines is 2. The first kappa shape index (κ1) is 19.4. The molecule has 2 aliphatic rings. The quantitative estimate of drug-likeness (QED) is 0.560. The fourth-order valence-electron chi connectivity index (χ4n) is 3.62. The Bertz CT molecular complexity index is 668. The smallest absolute Gasteiger partial charge is 0.292 e. The van der Waals surface area contributed by atoms with Gasteiger partial charge in [0.15, 0.2) is 0 Å². The van der Waals surface area contributed by atoms with Gasteiger partial charge in [0.05, 0.1) is 18.1 Å². The van der Waals surface area contributed by atoms with Gasteiger partial charge in [-0.1, -0.05) is 13.3 Å².